The highest BCUT2D eigenvalue weighted by molar-refractivity contribution is 6.01. The predicted molar refractivity (Wildman–Crippen MR) is 95.9 cm³/mol. The first-order valence-electron chi connectivity index (χ1n) is 8.67. The van der Waals surface area contributed by atoms with Gasteiger partial charge in [0.25, 0.3) is 12.3 Å². The van der Waals surface area contributed by atoms with E-state index in [1.807, 2.05) is 12.1 Å². The first-order valence-corrected chi connectivity index (χ1v) is 8.67. The molecule has 0 saturated heterocycles. The molecule has 2 N–H and O–H groups in total. The lowest BCUT2D eigenvalue weighted by Gasteiger charge is -2.31. The Hall–Kier alpha value is -2.17. The van der Waals surface area contributed by atoms with Crippen LogP contribution in [0.2, 0.25) is 0 Å². The van der Waals surface area contributed by atoms with Gasteiger partial charge in [0.2, 0.25) is 0 Å². The Bertz CT molecular complexity index is 739. The van der Waals surface area contributed by atoms with Crippen LogP contribution in [0.1, 0.15) is 50.7 Å². The summed E-state index contributed by atoms with van der Waals surface area (Å²) in [5.41, 5.74) is 0.902. The lowest BCUT2D eigenvalue weighted by Crippen LogP contribution is -2.57. The van der Waals surface area contributed by atoms with Gasteiger partial charge in [-0.1, -0.05) is 39.0 Å². The fourth-order valence-electron chi connectivity index (χ4n) is 3.98. The van der Waals surface area contributed by atoms with Gasteiger partial charge in [-0.3, -0.25) is 4.79 Å². The summed E-state index contributed by atoms with van der Waals surface area (Å²) in [4.78, 5) is 12.7. The molecule has 1 heterocycles. The van der Waals surface area contributed by atoms with E-state index in [0.717, 1.165) is 18.4 Å². The van der Waals surface area contributed by atoms with Crippen molar-refractivity contribution >= 4 is 11.6 Å². The molecule has 2 atom stereocenters. The van der Waals surface area contributed by atoms with Crippen LogP contribution in [-0.4, -0.2) is 17.9 Å². The molecule has 0 saturated carbocycles. The zero-order valence-electron chi connectivity index (χ0n) is 14.8. The highest BCUT2D eigenvalue weighted by Crippen LogP contribution is 2.50. The van der Waals surface area contributed by atoms with Crippen molar-refractivity contribution in [2.24, 2.45) is 0 Å². The van der Waals surface area contributed by atoms with Gasteiger partial charge < -0.3 is 10.6 Å². The van der Waals surface area contributed by atoms with Crippen LogP contribution in [0.5, 0.6) is 0 Å². The molecule has 1 unspecified atom stereocenters. The van der Waals surface area contributed by atoms with Crippen molar-refractivity contribution in [1.82, 2.24) is 5.32 Å². The maximum atomic E-state index is 13.7. The number of alkyl halides is 2. The van der Waals surface area contributed by atoms with Crippen LogP contribution >= 0.6 is 0 Å². The van der Waals surface area contributed by atoms with Crippen molar-refractivity contribution in [3.8, 4) is 0 Å². The molecular formula is C20H24F2N2O. The number of benzene rings is 1. The van der Waals surface area contributed by atoms with E-state index in [9.17, 15) is 13.6 Å². The van der Waals surface area contributed by atoms with E-state index in [0.29, 0.717) is 11.6 Å². The maximum Gasteiger partial charge on any atom is 0.273 e. The average molecular weight is 346 g/mol. The molecule has 134 valence electrons. The highest BCUT2D eigenvalue weighted by atomic mass is 19.3. The summed E-state index contributed by atoms with van der Waals surface area (Å²) >= 11 is 0. The Morgan fingerprint density at radius 2 is 2.12 bits per heavy atom. The summed E-state index contributed by atoms with van der Waals surface area (Å²) in [5, 5.41) is 5.30. The van der Waals surface area contributed by atoms with Crippen molar-refractivity contribution in [3.05, 3.63) is 53.8 Å². The van der Waals surface area contributed by atoms with Crippen LogP contribution in [0.3, 0.4) is 0 Å². The van der Waals surface area contributed by atoms with E-state index in [4.69, 9.17) is 0 Å². The Kier molecular flexibility index (Phi) is 4.43. The summed E-state index contributed by atoms with van der Waals surface area (Å²) in [6.45, 7) is 6.49. The lowest BCUT2D eigenvalue weighted by atomic mass is 9.86. The van der Waals surface area contributed by atoms with Crippen molar-refractivity contribution in [3.63, 3.8) is 0 Å². The molecule has 5 heteroatoms. The number of nitrogens with one attached hydrogen (secondary N) is 2. The van der Waals surface area contributed by atoms with Gasteiger partial charge in [-0.15, -0.1) is 0 Å². The van der Waals surface area contributed by atoms with Gasteiger partial charge >= 0.3 is 0 Å². The molecule has 0 bridgehead atoms. The molecule has 3 rings (SSSR count). The fraction of sp³-hybridized carbons (Fsp3) is 0.450. The molecule has 0 aromatic heterocycles. The van der Waals surface area contributed by atoms with Crippen LogP contribution in [0, 0.1) is 0 Å². The predicted octanol–water partition coefficient (Wildman–Crippen LogP) is 4.48. The number of hydrogen-bond acceptors (Lipinski definition) is 2. The Labute approximate surface area is 147 Å². The number of amides is 1. The monoisotopic (exact) mass is 346 g/mol. The van der Waals surface area contributed by atoms with Gasteiger partial charge in [0.1, 0.15) is 0 Å². The van der Waals surface area contributed by atoms with Gasteiger partial charge in [0, 0.05) is 5.69 Å². The van der Waals surface area contributed by atoms with Crippen molar-refractivity contribution in [2.75, 3.05) is 5.32 Å². The summed E-state index contributed by atoms with van der Waals surface area (Å²) in [6.07, 6.45) is 4.73. The molecule has 0 fully saturated rings. The molecule has 1 aliphatic heterocycles. The van der Waals surface area contributed by atoms with E-state index in [1.54, 1.807) is 6.08 Å². The smallest absolute Gasteiger partial charge is 0.273 e. The first-order chi connectivity index (χ1) is 11.8. The first kappa shape index (κ1) is 17.6. The Balaban J connectivity index is 1.97. The zero-order chi connectivity index (χ0) is 18.2. The van der Waals surface area contributed by atoms with E-state index in [-0.39, 0.29) is 5.41 Å². The zero-order valence-corrected chi connectivity index (χ0v) is 14.8. The van der Waals surface area contributed by atoms with Crippen LogP contribution < -0.4 is 10.6 Å². The topological polar surface area (TPSA) is 41.1 Å². The number of rotatable bonds is 4. The maximum absolute atomic E-state index is 13.7. The third-order valence-electron chi connectivity index (χ3n) is 5.35. The molecule has 1 aromatic carbocycles. The van der Waals surface area contributed by atoms with Gasteiger partial charge in [-0.05, 0) is 59.7 Å². The second kappa shape index (κ2) is 6.28. The standard InChI is InChI=1S/C20H24F2N2O/c1-4-13-12-19(2,3)14-8-7-9-15(16(13)14)24-18(25)20(17(21)22)10-5-6-11-23-20/h5-11,13,17,23H,4,12H2,1-3H3,(H,24,25)/t13-,20?/m0/s1. The molecule has 25 heavy (non-hydrogen) atoms. The molecule has 1 aromatic rings. The third-order valence-corrected chi connectivity index (χ3v) is 5.35. The van der Waals surface area contributed by atoms with Crippen LogP contribution in [0.25, 0.3) is 0 Å². The quantitative estimate of drug-likeness (QED) is 0.844. The molecule has 1 aliphatic carbocycles. The number of dihydropyridines is 1. The second-order valence-corrected chi connectivity index (χ2v) is 7.45. The normalized spacial score (nSPS) is 26.4. The number of fused-ring (bicyclic) bond motifs is 1. The van der Waals surface area contributed by atoms with Crippen molar-refractivity contribution in [1.29, 1.82) is 0 Å². The summed E-state index contributed by atoms with van der Waals surface area (Å²) in [6, 6.07) is 5.76. The lowest BCUT2D eigenvalue weighted by molar-refractivity contribution is -0.125. The minimum atomic E-state index is -2.86. The number of halogens is 2. The van der Waals surface area contributed by atoms with Crippen LogP contribution in [-0.2, 0) is 10.2 Å². The SMILES string of the molecule is CC[C@H]1CC(C)(C)c2cccc(NC(=O)C3(C(F)F)C=CC=CN3)c21. The van der Waals surface area contributed by atoms with Crippen LogP contribution in [0.4, 0.5) is 14.5 Å². The number of carbonyl (C=O) groups is 1. The molecule has 1 amide bonds. The molecule has 0 radical (unpaired) electrons. The van der Waals surface area contributed by atoms with E-state index < -0.39 is 17.9 Å². The summed E-state index contributed by atoms with van der Waals surface area (Å²) < 4.78 is 27.3. The van der Waals surface area contributed by atoms with Gasteiger partial charge in [0.15, 0.2) is 5.54 Å². The molecule has 2 aliphatic rings. The fourth-order valence-corrected chi connectivity index (χ4v) is 3.98. The van der Waals surface area contributed by atoms with E-state index in [1.165, 1.54) is 23.9 Å². The largest absolute Gasteiger partial charge is 0.369 e. The van der Waals surface area contributed by atoms with E-state index in [2.05, 4.69) is 37.5 Å². The third kappa shape index (κ3) is 2.86. The van der Waals surface area contributed by atoms with Gasteiger partial charge in [0.05, 0.1) is 0 Å². The Morgan fingerprint density at radius 3 is 2.72 bits per heavy atom. The number of hydrogen-bond donors (Lipinski definition) is 2. The molecule has 0 spiro atoms. The van der Waals surface area contributed by atoms with Gasteiger partial charge in [-0.25, -0.2) is 8.78 Å². The number of anilines is 1. The van der Waals surface area contributed by atoms with Crippen molar-refractivity contribution < 1.29 is 13.6 Å². The minimum absolute atomic E-state index is 0.0167. The summed E-state index contributed by atoms with van der Waals surface area (Å²) in [5.74, 6) is -0.421. The summed E-state index contributed by atoms with van der Waals surface area (Å²) in [7, 11) is 0. The van der Waals surface area contributed by atoms with E-state index >= 15 is 0 Å². The number of allylic oxidation sites excluding steroid dienone is 2. The molecular weight excluding hydrogens is 322 g/mol. The van der Waals surface area contributed by atoms with Gasteiger partial charge in [-0.2, -0.15) is 0 Å². The Morgan fingerprint density at radius 1 is 1.36 bits per heavy atom. The van der Waals surface area contributed by atoms with Crippen molar-refractivity contribution in [2.45, 2.75) is 56.9 Å². The average Bonchev–Trinajstić information content (AvgIpc) is 2.87. The minimum Gasteiger partial charge on any atom is -0.369 e. The highest BCUT2D eigenvalue weighted by Gasteiger charge is 2.46. The second-order valence-electron chi connectivity index (χ2n) is 7.45. The molecule has 3 nitrogen and oxygen atoms in total. The number of carbonyl (C=O) groups excluding carboxylic acids is 1. The van der Waals surface area contributed by atoms with Crippen LogP contribution in [0.15, 0.2) is 42.6 Å².